The van der Waals surface area contributed by atoms with Gasteiger partial charge in [-0.05, 0) is 67.7 Å². The third kappa shape index (κ3) is 6.83. The van der Waals surface area contributed by atoms with Crippen LogP contribution >= 0.6 is 11.6 Å². The monoisotopic (exact) mass is 450 g/mol. The molecule has 0 unspecified atom stereocenters. The molecule has 2 aromatic carbocycles. The van der Waals surface area contributed by atoms with Gasteiger partial charge in [0.05, 0.1) is 4.90 Å². The van der Waals surface area contributed by atoms with Gasteiger partial charge in [0.1, 0.15) is 0 Å². The van der Waals surface area contributed by atoms with Crippen LogP contribution in [0, 0.1) is 0 Å². The number of hydrogen-bond donors (Lipinski definition) is 1. The third-order valence-corrected chi connectivity index (χ3v) is 6.57. The molecule has 0 aromatic heterocycles. The van der Waals surface area contributed by atoms with Crippen molar-refractivity contribution in [2.45, 2.75) is 51.0 Å². The van der Waals surface area contributed by atoms with Crippen LogP contribution in [0.3, 0.4) is 0 Å². The van der Waals surface area contributed by atoms with Crippen LogP contribution in [0.5, 0.6) is 0 Å². The number of aryl methyl sites for hydroxylation is 1. The molecule has 0 bridgehead atoms. The summed E-state index contributed by atoms with van der Waals surface area (Å²) in [6, 6.07) is 10.8. The summed E-state index contributed by atoms with van der Waals surface area (Å²) >= 11 is 6.31. The molecule has 0 heterocycles. The lowest BCUT2D eigenvalue weighted by Gasteiger charge is -2.18. The molecule has 1 N–H and O–H groups in total. The Morgan fingerprint density at radius 2 is 1.73 bits per heavy atom. The van der Waals surface area contributed by atoms with Gasteiger partial charge in [-0.15, -0.1) is 0 Å². The molecule has 2 rings (SSSR count). The normalized spacial score (nSPS) is 11.7. The van der Waals surface area contributed by atoms with Crippen molar-refractivity contribution in [3.05, 3.63) is 58.1 Å². The second-order valence-corrected chi connectivity index (χ2v) is 10.00. The van der Waals surface area contributed by atoms with E-state index in [1.54, 1.807) is 12.1 Å². The third-order valence-electron chi connectivity index (χ3n) is 5.09. The highest BCUT2D eigenvalue weighted by molar-refractivity contribution is 7.90. The number of carbonyl (C=O) groups excluding carboxylic acids is 1. The summed E-state index contributed by atoms with van der Waals surface area (Å²) in [6.07, 6.45) is 3.96. The molecule has 30 heavy (non-hydrogen) atoms. The Bertz CT molecular complexity index is 973. The minimum absolute atomic E-state index is 0.00688. The summed E-state index contributed by atoms with van der Waals surface area (Å²) in [5.41, 5.74) is 3.98. The number of amides is 1. The molecule has 0 aliphatic carbocycles. The molecule has 0 atom stereocenters. The fraction of sp³-hybridized carbons (Fsp3) is 0.435. The van der Waals surface area contributed by atoms with Crippen molar-refractivity contribution in [3.63, 3.8) is 0 Å². The molecule has 0 saturated heterocycles. The Balaban J connectivity index is 1.87. The Morgan fingerprint density at radius 1 is 1.07 bits per heavy atom. The van der Waals surface area contributed by atoms with Crippen LogP contribution in [0.1, 0.15) is 43.4 Å². The number of hydrogen-bond acceptors (Lipinski definition) is 4. The van der Waals surface area contributed by atoms with Gasteiger partial charge in [-0.2, -0.15) is 0 Å². The van der Waals surface area contributed by atoms with Gasteiger partial charge < -0.3 is 10.2 Å². The molecule has 0 fully saturated rings. The molecule has 0 aliphatic rings. The zero-order valence-electron chi connectivity index (χ0n) is 18.2. The first kappa shape index (κ1) is 24.4. The number of nitrogens with one attached hydrogen (secondary N) is 1. The smallest absolute Gasteiger partial charge is 0.224 e. The molecular weight excluding hydrogens is 420 g/mol. The maximum Gasteiger partial charge on any atom is 0.224 e. The topological polar surface area (TPSA) is 66.5 Å². The van der Waals surface area contributed by atoms with Gasteiger partial charge in [0.2, 0.25) is 5.91 Å². The minimum Gasteiger partial charge on any atom is -0.326 e. The van der Waals surface area contributed by atoms with Gasteiger partial charge in [0, 0.05) is 29.9 Å². The number of benzene rings is 2. The highest BCUT2D eigenvalue weighted by Gasteiger charge is 2.13. The van der Waals surface area contributed by atoms with Crippen LogP contribution in [0.25, 0.3) is 0 Å². The molecule has 0 radical (unpaired) electrons. The van der Waals surface area contributed by atoms with E-state index in [1.165, 1.54) is 6.26 Å². The molecule has 0 saturated carbocycles. The fourth-order valence-electron chi connectivity index (χ4n) is 3.41. The first-order valence-corrected chi connectivity index (χ1v) is 12.5. The Morgan fingerprint density at radius 3 is 2.30 bits per heavy atom. The maximum absolute atomic E-state index is 12.5. The predicted octanol–water partition coefficient (Wildman–Crippen LogP) is 4.72. The standard InChI is InChI=1S/C23H31ClN2O3S/c1-5-18-11-14-21(24)20(6-2)23(18)25-22(27)8-7-15-26(3)16-17-9-12-19(13-10-17)30(4,28)29/h9-14H,5-8,15-16H2,1-4H3,(H,25,27). The summed E-state index contributed by atoms with van der Waals surface area (Å²) in [7, 11) is -1.19. The van der Waals surface area contributed by atoms with Crippen LogP contribution in [0.2, 0.25) is 5.02 Å². The van der Waals surface area contributed by atoms with E-state index < -0.39 is 9.84 Å². The average Bonchev–Trinajstić information content (AvgIpc) is 2.68. The molecular formula is C23H31ClN2O3S. The summed E-state index contributed by atoms with van der Waals surface area (Å²) in [4.78, 5) is 14.9. The van der Waals surface area contributed by atoms with Crippen LogP contribution in [-0.4, -0.2) is 39.1 Å². The van der Waals surface area contributed by atoms with E-state index in [9.17, 15) is 13.2 Å². The van der Waals surface area contributed by atoms with Crippen LogP contribution in [-0.2, 0) is 34.0 Å². The number of rotatable bonds is 10. The van der Waals surface area contributed by atoms with Gasteiger partial charge in [0.15, 0.2) is 9.84 Å². The van der Waals surface area contributed by atoms with Crippen LogP contribution < -0.4 is 5.32 Å². The fourth-order valence-corrected chi connectivity index (χ4v) is 4.33. The number of halogens is 1. The molecule has 164 valence electrons. The highest BCUT2D eigenvalue weighted by Crippen LogP contribution is 2.29. The zero-order valence-corrected chi connectivity index (χ0v) is 19.7. The summed E-state index contributed by atoms with van der Waals surface area (Å²) in [5, 5.41) is 3.75. The first-order chi connectivity index (χ1) is 14.2. The molecule has 2 aromatic rings. The SMILES string of the molecule is CCc1ccc(Cl)c(CC)c1NC(=O)CCCN(C)Cc1ccc(S(C)(=O)=O)cc1. The van der Waals surface area contributed by atoms with Crippen LogP contribution in [0.15, 0.2) is 41.3 Å². The van der Waals surface area contributed by atoms with E-state index in [-0.39, 0.29) is 5.91 Å². The first-order valence-electron chi connectivity index (χ1n) is 10.2. The van der Waals surface area contributed by atoms with E-state index in [1.807, 2.05) is 38.2 Å². The quantitative estimate of drug-likeness (QED) is 0.568. The molecule has 7 heteroatoms. The lowest BCUT2D eigenvalue weighted by molar-refractivity contribution is -0.116. The molecule has 0 spiro atoms. The summed E-state index contributed by atoms with van der Waals surface area (Å²) < 4.78 is 23.1. The van der Waals surface area contributed by atoms with Gasteiger partial charge in [-0.25, -0.2) is 8.42 Å². The lowest BCUT2D eigenvalue weighted by atomic mass is 10.0. The van der Waals surface area contributed by atoms with E-state index in [4.69, 9.17) is 11.6 Å². The number of anilines is 1. The summed E-state index contributed by atoms with van der Waals surface area (Å²) in [6.45, 7) is 5.56. The number of sulfone groups is 1. The largest absolute Gasteiger partial charge is 0.326 e. The van der Waals surface area contributed by atoms with Crippen molar-refractivity contribution in [1.82, 2.24) is 4.90 Å². The highest BCUT2D eigenvalue weighted by atomic mass is 35.5. The maximum atomic E-state index is 12.5. The summed E-state index contributed by atoms with van der Waals surface area (Å²) in [5.74, 6) is -0.00688. The molecule has 1 amide bonds. The van der Waals surface area contributed by atoms with Crippen LogP contribution in [0.4, 0.5) is 5.69 Å². The number of carbonyl (C=O) groups is 1. The zero-order chi connectivity index (χ0) is 22.3. The molecule has 5 nitrogen and oxygen atoms in total. The van der Waals surface area contributed by atoms with Crippen molar-refractivity contribution in [2.24, 2.45) is 0 Å². The minimum atomic E-state index is -3.18. The van der Waals surface area contributed by atoms with Crippen molar-refractivity contribution < 1.29 is 13.2 Å². The predicted molar refractivity (Wildman–Crippen MR) is 124 cm³/mol. The van der Waals surface area contributed by atoms with E-state index >= 15 is 0 Å². The second kappa shape index (κ2) is 10.9. The van der Waals surface area contributed by atoms with E-state index in [0.29, 0.717) is 22.9 Å². The van der Waals surface area contributed by atoms with Gasteiger partial charge >= 0.3 is 0 Å². The van der Waals surface area contributed by atoms with Crippen molar-refractivity contribution in [2.75, 3.05) is 25.2 Å². The second-order valence-electron chi connectivity index (χ2n) is 7.57. The van der Waals surface area contributed by atoms with Gasteiger partial charge in [-0.1, -0.05) is 43.6 Å². The Hall–Kier alpha value is -1.89. The number of nitrogens with zero attached hydrogens (tertiary/aromatic N) is 1. The van der Waals surface area contributed by atoms with E-state index in [0.717, 1.165) is 48.2 Å². The van der Waals surface area contributed by atoms with Gasteiger partial charge in [-0.3, -0.25) is 4.79 Å². The van der Waals surface area contributed by atoms with Crippen molar-refractivity contribution in [1.29, 1.82) is 0 Å². The van der Waals surface area contributed by atoms with E-state index in [2.05, 4.69) is 17.1 Å². The van der Waals surface area contributed by atoms with Gasteiger partial charge in [0.25, 0.3) is 0 Å². The lowest BCUT2D eigenvalue weighted by Crippen LogP contribution is -2.21. The van der Waals surface area contributed by atoms with Crippen molar-refractivity contribution in [3.8, 4) is 0 Å². The Labute approximate surface area is 185 Å². The average molecular weight is 451 g/mol. The van der Waals surface area contributed by atoms with Crippen molar-refractivity contribution >= 4 is 33.0 Å². The Kier molecular flexibility index (Phi) is 8.89. The molecule has 0 aliphatic heterocycles.